The molecule has 0 aliphatic carbocycles. The lowest BCUT2D eigenvalue weighted by Crippen LogP contribution is -2.55. The lowest BCUT2D eigenvalue weighted by Gasteiger charge is -2.41. The molecule has 0 radical (unpaired) electrons. The zero-order valence-electron chi connectivity index (χ0n) is 28.7. The summed E-state index contributed by atoms with van der Waals surface area (Å²) in [6.45, 7) is 4.19. The van der Waals surface area contributed by atoms with Crippen LogP contribution in [0, 0.1) is 12.7 Å². The molecule has 13 heteroatoms. The number of halogens is 3. The lowest BCUT2D eigenvalue weighted by atomic mass is 9.95. The van der Waals surface area contributed by atoms with Crippen molar-refractivity contribution in [2.45, 2.75) is 62.8 Å². The Hall–Kier alpha value is -4.81. The number of fused-ring (bicyclic) bond motifs is 5. The maximum Gasteiger partial charge on any atom is 0.319 e. The van der Waals surface area contributed by atoms with Crippen LogP contribution in [0.25, 0.3) is 39.0 Å². The summed E-state index contributed by atoms with van der Waals surface area (Å²) in [5.41, 5.74) is 1.01. The molecule has 9 rings (SSSR count). The number of benzene rings is 2. The van der Waals surface area contributed by atoms with Gasteiger partial charge in [0, 0.05) is 72.6 Å². The minimum absolute atomic E-state index is 0.0408. The number of likely N-dealkylation sites (tertiary alicyclic amines) is 1. The van der Waals surface area contributed by atoms with Crippen molar-refractivity contribution in [2.24, 2.45) is 0 Å². The molecule has 0 unspecified atom stereocenters. The van der Waals surface area contributed by atoms with Crippen LogP contribution in [0.3, 0.4) is 0 Å². The second-order valence-electron chi connectivity index (χ2n) is 14.4. The van der Waals surface area contributed by atoms with Crippen LogP contribution in [0.15, 0.2) is 60.9 Å². The van der Waals surface area contributed by atoms with Gasteiger partial charge in [-0.25, -0.2) is 18.7 Å². The second-order valence-corrected chi connectivity index (χ2v) is 14.8. The molecule has 1 amide bonds. The van der Waals surface area contributed by atoms with Gasteiger partial charge in [-0.1, -0.05) is 41.9 Å². The Morgan fingerprint density at radius 1 is 1.06 bits per heavy atom. The molecule has 0 N–H and O–H groups in total. The number of hydrogen-bond acceptors (Lipinski definition) is 9. The van der Waals surface area contributed by atoms with Crippen molar-refractivity contribution in [1.29, 1.82) is 0 Å². The highest BCUT2D eigenvalue weighted by molar-refractivity contribution is 6.36. The van der Waals surface area contributed by atoms with E-state index in [9.17, 15) is 9.18 Å². The van der Waals surface area contributed by atoms with Crippen molar-refractivity contribution in [2.75, 3.05) is 37.7 Å². The number of carbonyl (C=O) groups is 1. The van der Waals surface area contributed by atoms with Gasteiger partial charge in [0.25, 0.3) is 0 Å². The summed E-state index contributed by atoms with van der Waals surface area (Å²) >= 11 is 6.65. The lowest BCUT2D eigenvalue weighted by molar-refractivity contribution is -0.126. The first-order valence-electron chi connectivity index (χ1n) is 17.9. The summed E-state index contributed by atoms with van der Waals surface area (Å²) in [5, 5.41) is 2.53. The molecule has 4 atom stereocenters. The molecule has 4 saturated heterocycles. The number of carbonyl (C=O) groups excluding carboxylic acids is 1. The van der Waals surface area contributed by atoms with Crippen molar-refractivity contribution in [3.05, 3.63) is 83.3 Å². The molecular formula is C39H37ClF2N8O2. The van der Waals surface area contributed by atoms with E-state index in [1.807, 2.05) is 42.2 Å². The molecule has 2 aromatic carbocycles. The average molecular weight is 723 g/mol. The van der Waals surface area contributed by atoms with Crippen molar-refractivity contribution >= 4 is 51.1 Å². The molecule has 52 heavy (non-hydrogen) atoms. The van der Waals surface area contributed by atoms with E-state index in [4.69, 9.17) is 21.3 Å². The maximum absolute atomic E-state index is 17.0. The highest BCUT2D eigenvalue weighted by Gasteiger charge is 2.49. The molecule has 0 saturated carbocycles. The number of pyridine rings is 1. The van der Waals surface area contributed by atoms with Gasteiger partial charge < -0.3 is 14.5 Å². The van der Waals surface area contributed by atoms with Gasteiger partial charge in [0.15, 0.2) is 5.82 Å². The number of anilines is 1. The van der Waals surface area contributed by atoms with E-state index < -0.39 is 17.5 Å². The van der Waals surface area contributed by atoms with Gasteiger partial charge in [-0.05, 0) is 62.7 Å². The largest absolute Gasteiger partial charge is 0.461 e. The zero-order chi connectivity index (χ0) is 35.6. The van der Waals surface area contributed by atoms with Gasteiger partial charge in [-0.2, -0.15) is 9.97 Å². The van der Waals surface area contributed by atoms with E-state index in [-0.39, 0.29) is 41.8 Å². The van der Waals surface area contributed by atoms with Crippen LogP contribution in [0.1, 0.15) is 43.6 Å². The van der Waals surface area contributed by atoms with Crippen LogP contribution in [0.4, 0.5) is 14.6 Å². The zero-order valence-corrected chi connectivity index (χ0v) is 29.4. The molecule has 0 spiro atoms. The number of piperazine rings is 1. The minimum Gasteiger partial charge on any atom is -0.461 e. The van der Waals surface area contributed by atoms with E-state index in [2.05, 4.69) is 29.7 Å². The standard InChI is InChI=1S/C39H37ClF2N8O2/c1-23-43-15-13-26(45-23)9-12-32(51)48-20-27-10-11-28(21-48)50(27)37-30-18-44-35(29-7-2-5-24-6-3-8-31(40)33(24)29)34(42)36(30)46-38(47-37)52-22-39-14-4-16-49(39)19-25(41)17-39/h2-3,5-9,12-13,15,18,25,27-28H,4,10-11,14,16-17,19-22H2,1H3/b12-9+/t25-,27-,28+,39+/m1/s1. The summed E-state index contributed by atoms with van der Waals surface area (Å²) < 4.78 is 38.0. The van der Waals surface area contributed by atoms with E-state index in [1.54, 1.807) is 36.7 Å². The Labute approximate surface area is 304 Å². The normalized spacial score (nSPS) is 24.4. The third-order valence-electron chi connectivity index (χ3n) is 11.2. The van der Waals surface area contributed by atoms with Crippen LogP contribution in [0.5, 0.6) is 6.01 Å². The number of alkyl halides is 1. The predicted octanol–water partition coefficient (Wildman–Crippen LogP) is 6.58. The molecular weight excluding hydrogens is 686 g/mol. The number of aryl methyl sites for hydroxylation is 1. The van der Waals surface area contributed by atoms with E-state index in [1.165, 1.54) is 0 Å². The quantitative estimate of drug-likeness (QED) is 0.173. The summed E-state index contributed by atoms with van der Waals surface area (Å²) in [4.78, 5) is 42.4. The first-order chi connectivity index (χ1) is 25.3. The molecule has 3 aromatic heterocycles. The first-order valence-corrected chi connectivity index (χ1v) is 18.2. The summed E-state index contributed by atoms with van der Waals surface area (Å²) in [7, 11) is 0. The molecule has 5 aromatic rings. The van der Waals surface area contributed by atoms with Crippen LogP contribution in [-0.4, -0.2) is 97.2 Å². The van der Waals surface area contributed by atoms with Crippen molar-refractivity contribution < 1.29 is 18.3 Å². The Morgan fingerprint density at radius 3 is 2.67 bits per heavy atom. The van der Waals surface area contributed by atoms with Crippen LogP contribution in [-0.2, 0) is 4.79 Å². The summed E-state index contributed by atoms with van der Waals surface area (Å²) in [5.74, 6) is 0.459. The SMILES string of the molecule is Cc1nccc(/C=C/C(=O)N2C[C@H]3CC[C@@H](C2)N3c2nc(OC[C@@]34CCCN3C[C@H](F)C4)nc3c(F)c(-c4cccc5cccc(Cl)c45)ncc23)n1. The Morgan fingerprint density at radius 2 is 1.87 bits per heavy atom. The molecule has 10 nitrogen and oxygen atoms in total. The topological polar surface area (TPSA) is 100 Å². The Balaban J connectivity index is 1.09. The minimum atomic E-state index is -0.912. The fourth-order valence-corrected chi connectivity index (χ4v) is 9.15. The van der Waals surface area contributed by atoms with E-state index in [0.29, 0.717) is 64.7 Å². The number of amides is 1. The van der Waals surface area contributed by atoms with Gasteiger partial charge in [-0.15, -0.1) is 0 Å². The molecule has 4 aliphatic heterocycles. The average Bonchev–Trinajstić information content (AvgIpc) is 3.76. The van der Waals surface area contributed by atoms with Crippen LogP contribution in [0.2, 0.25) is 5.02 Å². The fourth-order valence-electron chi connectivity index (χ4n) is 8.87. The third-order valence-corrected chi connectivity index (χ3v) is 11.5. The number of rotatable bonds is 7. The van der Waals surface area contributed by atoms with Gasteiger partial charge in [0.2, 0.25) is 5.91 Å². The van der Waals surface area contributed by atoms with E-state index >= 15 is 4.39 Å². The first kappa shape index (κ1) is 33.1. The predicted molar refractivity (Wildman–Crippen MR) is 195 cm³/mol. The van der Waals surface area contributed by atoms with E-state index in [0.717, 1.165) is 37.6 Å². The fraction of sp³-hybridized carbons (Fsp3) is 0.385. The second kappa shape index (κ2) is 13.0. The Bertz CT molecular complexity index is 2240. The van der Waals surface area contributed by atoms with Crippen LogP contribution >= 0.6 is 11.6 Å². The molecule has 7 heterocycles. The van der Waals surface area contributed by atoms with Crippen molar-refractivity contribution in [3.8, 4) is 17.3 Å². The van der Waals surface area contributed by atoms with Gasteiger partial charge in [0.1, 0.15) is 35.6 Å². The highest BCUT2D eigenvalue weighted by Crippen LogP contribution is 2.43. The van der Waals surface area contributed by atoms with Gasteiger partial charge in [0.05, 0.1) is 16.6 Å². The number of nitrogens with zero attached hydrogens (tertiary/aromatic N) is 8. The van der Waals surface area contributed by atoms with Crippen molar-refractivity contribution in [3.63, 3.8) is 0 Å². The summed E-state index contributed by atoms with van der Waals surface area (Å²) in [6.07, 6.45) is 9.51. The molecule has 4 fully saturated rings. The maximum atomic E-state index is 17.0. The third kappa shape index (κ3) is 5.72. The molecule has 266 valence electrons. The van der Waals surface area contributed by atoms with Gasteiger partial charge in [-0.3, -0.25) is 14.7 Å². The van der Waals surface area contributed by atoms with Crippen molar-refractivity contribution in [1.82, 2.24) is 34.7 Å². The number of hydrogen-bond donors (Lipinski definition) is 0. The molecule has 2 bridgehead atoms. The number of ether oxygens (including phenoxy) is 1. The smallest absolute Gasteiger partial charge is 0.319 e. The monoisotopic (exact) mass is 722 g/mol. The summed E-state index contributed by atoms with van der Waals surface area (Å²) in [6, 6.07) is 12.8. The Kier molecular flexibility index (Phi) is 8.26. The molecule has 4 aliphatic rings. The number of aromatic nitrogens is 5. The van der Waals surface area contributed by atoms with Gasteiger partial charge >= 0.3 is 6.01 Å². The highest BCUT2D eigenvalue weighted by atomic mass is 35.5. The van der Waals surface area contributed by atoms with Crippen LogP contribution < -0.4 is 9.64 Å².